The van der Waals surface area contributed by atoms with Crippen molar-refractivity contribution in [2.45, 2.75) is 0 Å². The molecule has 0 saturated carbocycles. The third-order valence-electron chi connectivity index (χ3n) is 3.35. The lowest BCUT2D eigenvalue weighted by Gasteiger charge is -2.29. The number of nitrogens with one attached hydrogen (secondary N) is 1. The first-order valence-corrected chi connectivity index (χ1v) is 8.05. The van der Waals surface area contributed by atoms with Gasteiger partial charge in [-0.1, -0.05) is 41.4 Å². The van der Waals surface area contributed by atoms with E-state index in [1.165, 1.54) is 11.0 Å². The zero-order valence-electron chi connectivity index (χ0n) is 12.1. The Kier molecular flexibility index (Phi) is 4.66. The summed E-state index contributed by atoms with van der Waals surface area (Å²) in [4.78, 5) is 26.2. The minimum atomic E-state index is -0.543. The minimum absolute atomic E-state index is 0.0144. The van der Waals surface area contributed by atoms with Crippen LogP contribution in [0.1, 0.15) is 5.56 Å². The fraction of sp³-hybridized carbons (Fsp3) is 0. The van der Waals surface area contributed by atoms with Gasteiger partial charge >= 0.3 is 0 Å². The van der Waals surface area contributed by atoms with Crippen molar-refractivity contribution in [1.29, 1.82) is 0 Å². The lowest BCUT2D eigenvalue weighted by molar-refractivity contribution is -0.122. The average molecular weight is 377 g/mol. The third kappa shape index (κ3) is 3.33. The molecule has 1 N–H and O–H groups in total. The molecule has 2 aromatic carbocycles. The highest BCUT2D eigenvalue weighted by Crippen LogP contribution is 2.24. The summed E-state index contributed by atoms with van der Waals surface area (Å²) in [7, 11) is 0. The van der Waals surface area contributed by atoms with Gasteiger partial charge in [-0.15, -0.1) is 0 Å². The normalized spacial score (nSPS) is 16.5. The number of amides is 2. The molecular formula is C17H10Cl2N2O2S. The van der Waals surface area contributed by atoms with Crippen LogP contribution < -0.4 is 10.2 Å². The molecule has 1 saturated heterocycles. The van der Waals surface area contributed by atoms with Crippen LogP contribution in [0.2, 0.25) is 10.0 Å². The quantitative estimate of drug-likeness (QED) is 0.492. The second-order valence-electron chi connectivity index (χ2n) is 4.99. The topological polar surface area (TPSA) is 49.4 Å². The number of benzene rings is 2. The van der Waals surface area contributed by atoms with E-state index in [4.69, 9.17) is 35.4 Å². The highest BCUT2D eigenvalue weighted by molar-refractivity contribution is 7.80. The Morgan fingerprint density at radius 1 is 1.00 bits per heavy atom. The van der Waals surface area contributed by atoms with Crippen molar-refractivity contribution >= 4 is 64.1 Å². The van der Waals surface area contributed by atoms with Crippen molar-refractivity contribution in [1.82, 2.24) is 5.32 Å². The predicted molar refractivity (Wildman–Crippen MR) is 99.1 cm³/mol. The Bertz CT molecular complexity index is 878. The number of hydrogen-bond acceptors (Lipinski definition) is 3. The highest BCUT2D eigenvalue weighted by atomic mass is 35.5. The van der Waals surface area contributed by atoms with E-state index in [0.29, 0.717) is 21.3 Å². The molecule has 0 aliphatic carbocycles. The summed E-state index contributed by atoms with van der Waals surface area (Å²) in [5, 5.41) is 3.56. The Morgan fingerprint density at radius 3 is 2.38 bits per heavy atom. The SMILES string of the molecule is O=C1NC(=S)N(c2cccc(Cl)c2)C(=O)C1=Cc1ccc(Cl)cc1. The van der Waals surface area contributed by atoms with Crippen molar-refractivity contribution in [2.24, 2.45) is 0 Å². The van der Waals surface area contributed by atoms with Crippen LogP contribution in [-0.2, 0) is 9.59 Å². The van der Waals surface area contributed by atoms with Gasteiger partial charge in [0.2, 0.25) is 0 Å². The fourth-order valence-corrected chi connectivity index (χ4v) is 2.82. The number of nitrogens with zero attached hydrogens (tertiary/aromatic N) is 1. The van der Waals surface area contributed by atoms with Crippen molar-refractivity contribution in [3.8, 4) is 0 Å². The molecule has 0 aromatic heterocycles. The van der Waals surface area contributed by atoms with Crippen LogP contribution in [0.4, 0.5) is 5.69 Å². The molecule has 0 atom stereocenters. The molecule has 2 amide bonds. The Balaban J connectivity index is 2.01. The standard InChI is InChI=1S/C17H10Cl2N2O2S/c18-11-6-4-10(5-7-11)8-14-15(22)20-17(24)21(16(14)23)13-3-1-2-12(19)9-13/h1-9H,(H,20,22,24). The third-order valence-corrected chi connectivity index (χ3v) is 4.12. The summed E-state index contributed by atoms with van der Waals surface area (Å²) in [6.45, 7) is 0. The largest absolute Gasteiger partial charge is 0.298 e. The molecule has 1 fully saturated rings. The van der Waals surface area contributed by atoms with Crippen LogP contribution in [0.25, 0.3) is 6.08 Å². The molecule has 0 unspecified atom stereocenters. The van der Waals surface area contributed by atoms with E-state index in [1.54, 1.807) is 48.5 Å². The first-order valence-electron chi connectivity index (χ1n) is 6.88. The summed E-state index contributed by atoms with van der Waals surface area (Å²) in [6.07, 6.45) is 1.49. The maximum absolute atomic E-state index is 12.8. The monoisotopic (exact) mass is 376 g/mol. The van der Waals surface area contributed by atoms with Crippen LogP contribution in [0.15, 0.2) is 54.1 Å². The summed E-state index contributed by atoms with van der Waals surface area (Å²) in [6, 6.07) is 13.5. The first kappa shape index (κ1) is 16.6. The number of rotatable bonds is 2. The highest BCUT2D eigenvalue weighted by Gasteiger charge is 2.34. The number of thiocarbonyl (C=S) groups is 1. The summed E-state index contributed by atoms with van der Waals surface area (Å²) in [5.41, 5.74) is 1.14. The molecule has 4 nitrogen and oxygen atoms in total. The number of halogens is 2. The number of hydrogen-bond donors (Lipinski definition) is 1. The van der Waals surface area contributed by atoms with Gasteiger partial charge in [0.1, 0.15) is 5.57 Å². The molecule has 1 aliphatic heterocycles. The Hall–Kier alpha value is -2.21. The number of anilines is 1. The molecule has 120 valence electrons. The Labute approximate surface area is 153 Å². The molecule has 7 heteroatoms. The predicted octanol–water partition coefficient (Wildman–Crippen LogP) is 3.82. The molecule has 24 heavy (non-hydrogen) atoms. The van der Waals surface area contributed by atoms with Crippen LogP contribution in [0, 0.1) is 0 Å². The van der Waals surface area contributed by atoms with Gasteiger partial charge in [0.15, 0.2) is 5.11 Å². The van der Waals surface area contributed by atoms with Gasteiger partial charge in [0, 0.05) is 10.0 Å². The molecule has 0 bridgehead atoms. The molecule has 1 aliphatic rings. The van der Waals surface area contributed by atoms with Crippen molar-refractivity contribution in [2.75, 3.05) is 4.90 Å². The second kappa shape index (κ2) is 6.73. The summed E-state index contributed by atoms with van der Waals surface area (Å²) in [5.74, 6) is -1.06. The van der Waals surface area contributed by atoms with E-state index in [-0.39, 0.29) is 10.7 Å². The van der Waals surface area contributed by atoms with E-state index in [9.17, 15) is 9.59 Å². The van der Waals surface area contributed by atoms with E-state index in [2.05, 4.69) is 5.32 Å². The second-order valence-corrected chi connectivity index (χ2v) is 6.25. The van der Waals surface area contributed by atoms with Gasteiger partial charge in [-0.2, -0.15) is 0 Å². The lowest BCUT2D eigenvalue weighted by Crippen LogP contribution is -2.54. The zero-order valence-corrected chi connectivity index (χ0v) is 14.5. The van der Waals surface area contributed by atoms with E-state index in [1.807, 2.05) is 0 Å². The van der Waals surface area contributed by atoms with E-state index >= 15 is 0 Å². The maximum Gasteiger partial charge on any atom is 0.270 e. The molecule has 2 aromatic rings. The minimum Gasteiger partial charge on any atom is -0.298 e. The van der Waals surface area contributed by atoms with Crippen LogP contribution in [0.3, 0.4) is 0 Å². The van der Waals surface area contributed by atoms with Crippen LogP contribution in [0.5, 0.6) is 0 Å². The van der Waals surface area contributed by atoms with Gasteiger partial charge in [-0.25, -0.2) is 0 Å². The van der Waals surface area contributed by atoms with Crippen LogP contribution >= 0.6 is 35.4 Å². The Morgan fingerprint density at radius 2 is 1.71 bits per heavy atom. The molecule has 1 heterocycles. The lowest BCUT2D eigenvalue weighted by atomic mass is 10.1. The molecule has 0 radical (unpaired) electrons. The van der Waals surface area contributed by atoms with Gasteiger partial charge in [0.05, 0.1) is 5.69 Å². The zero-order chi connectivity index (χ0) is 17.3. The summed E-state index contributed by atoms with van der Waals surface area (Å²) >= 11 is 16.9. The maximum atomic E-state index is 12.8. The van der Waals surface area contributed by atoms with Crippen molar-refractivity contribution in [3.05, 3.63) is 69.7 Å². The number of carbonyl (C=O) groups is 2. The molecule has 3 rings (SSSR count). The first-order chi connectivity index (χ1) is 11.5. The van der Waals surface area contributed by atoms with Gasteiger partial charge in [-0.05, 0) is 54.2 Å². The molecular weight excluding hydrogens is 367 g/mol. The van der Waals surface area contributed by atoms with Gasteiger partial charge < -0.3 is 0 Å². The van der Waals surface area contributed by atoms with E-state index < -0.39 is 11.8 Å². The summed E-state index contributed by atoms with van der Waals surface area (Å²) < 4.78 is 0. The fourth-order valence-electron chi connectivity index (χ4n) is 2.23. The smallest absolute Gasteiger partial charge is 0.270 e. The van der Waals surface area contributed by atoms with Crippen molar-refractivity contribution < 1.29 is 9.59 Å². The van der Waals surface area contributed by atoms with Gasteiger partial charge in [-0.3, -0.25) is 19.8 Å². The van der Waals surface area contributed by atoms with Gasteiger partial charge in [0.25, 0.3) is 11.8 Å². The van der Waals surface area contributed by atoms with E-state index in [0.717, 1.165) is 0 Å². The molecule has 0 spiro atoms. The van der Waals surface area contributed by atoms with Crippen LogP contribution in [-0.4, -0.2) is 16.9 Å². The van der Waals surface area contributed by atoms with Crippen molar-refractivity contribution in [3.63, 3.8) is 0 Å². The average Bonchev–Trinajstić information content (AvgIpc) is 2.53. The number of carbonyl (C=O) groups excluding carboxylic acids is 2.